The standard InChI is InChI=1S/C9H9NO4/c10-6-3-1-5(2-4-6)7(8(11)12)9(13)14/h1-4,7H,10H2,(H,11,12)(H,13,14). The number of hydrogen-bond donors (Lipinski definition) is 3. The molecule has 0 saturated heterocycles. The molecule has 0 heterocycles. The van der Waals surface area contributed by atoms with Gasteiger partial charge in [-0.25, -0.2) is 0 Å². The Morgan fingerprint density at radius 2 is 1.50 bits per heavy atom. The molecule has 0 saturated carbocycles. The molecule has 0 aromatic heterocycles. The van der Waals surface area contributed by atoms with Crippen LogP contribution in [0, 0.1) is 0 Å². The zero-order chi connectivity index (χ0) is 10.7. The summed E-state index contributed by atoms with van der Waals surface area (Å²) in [5.74, 6) is -4.31. The molecule has 14 heavy (non-hydrogen) atoms. The monoisotopic (exact) mass is 195 g/mol. The zero-order valence-corrected chi connectivity index (χ0v) is 7.18. The molecule has 0 bridgehead atoms. The van der Waals surface area contributed by atoms with Crippen LogP contribution in [0.15, 0.2) is 24.3 Å². The Hall–Kier alpha value is -2.04. The van der Waals surface area contributed by atoms with Crippen LogP contribution < -0.4 is 5.73 Å². The molecule has 0 amide bonds. The van der Waals surface area contributed by atoms with Crippen LogP contribution in [0.2, 0.25) is 0 Å². The lowest BCUT2D eigenvalue weighted by Gasteiger charge is -2.07. The normalized spacial score (nSPS) is 10.1. The molecular formula is C9H9NO4. The van der Waals surface area contributed by atoms with Crippen LogP contribution in [0.5, 0.6) is 0 Å². The number of carbonyl (C=O) groups is 2. The number of rotatable bonds is 3. The number of nitrogen functional groups attached to an aromatic ring is 1. The van der Waals surface area contributed by atoms with E-state index in [-0.39, 0.29) is 5.56 Å². The third-order valence-corrected chi connectivity index (χ3v) is 1.76. The molecule has 5 nitrogen and oxygen atoms in total. The summed E-state index contributed by atoms with van der Waals surface area (Å²) in [5, 5.41) is 17.3. The molecule has 0 fully saturated rings. The summed E-state index contributed by atoms with van der Waals surface area (Å²) in [7, 11) is 0. The van der Waals surface area contributed by atoms with E-state index in [9.17, 15) is 9.59 Å². The second-order valence-electron chi connectivity index (χ2n) is 2.78. The van der Waals surface area contributed by atoms with E-state index in [1.165, 1.54) is 24.3 Å². The quantitative estimate of drug-likeness (QED) is 0.482. The van der Waals surface area contributed by atoms with Crippen LogP contribution in [-0.4, -0.2) is 22.2 Å². The van der Waals surface area contributed by atoms with Gasteiger partial charge >= 0.3 is 11.9 Å². The van der Waals surface area contributed by atoms with Gasteiger partial charge in [-0.05, 0) is 17.7 Å². The molecule has 1 rings (SSSR count). The first-order chi connectivity index (χ1) is 6.52. The molecular weight excluding hydrogens is 186 g/mol. The average molecular weight is 195 g/mol. The van der Waals surface area contributed by atoms with Gasteiger partial charge in [0, 0.05) is 5.69 Å². The molecule has 0 atom stereocenters. The van der Waals surface area contributed by atoms with Crippen molar-refractivity contribution in [1.29, 1.82) is 0 Å². The summed E-state index contributed by atoms with van der Waals surface area (Å²) in [6.45, 7) is 0. The largest absolute Gasteiger partial charge is 0.480 e. The van der Waals surface area contributed by atoms with Crippen molar-refractivity contribution in [3.63, 3.8) is 0 Å². The first-order valence-electron chi connectivity index (χ1n) is 3.83. The van der Waals surface area contributed by atoms with Crippen LogP contribution in [0.25, 0.3) is 0 Å². The van der Waals surface area contributed by atoms with Crippen LogP contribution >= 0.6 is 0 Å². The third-order valence-electron chi connectivity index (χ3n) is 1.76. The fourth-order valence-electron chi connectivity index (χ4n) is 1.08. The predicted octanol–water partition coefficient (Wildman–Crippen LogP) is 0.522. The number of carboxylic acids is 2. The summed E-state index contributed by atoms with van der Waals surface area (Å²) >= 11 is 0. The molecule has 5 heteroatoms. The van der Waals surface area contributed by atoms with Gasteiger partial charge < -0.3 is 15.9 Å². The molecule has 74 valence electrons. The maximum atomic E-state index is 10.6. The smallest absolute Gasteiger partial charge is 0.322 e. The predicted molar refractivity (Wildman–Crippen MR) is 48.9 cm³/mol. The van der Waals surface area contributed by atoms with Crippen molar-refractivity contribution in [2.24, 2.45) is 0 Å². The summed E-state index contributed by atoms with van der Waals surface area (Å²) in [6, 6.07) is 5.72. The van der Waals surface area contributed by atoms with E-state index in [1.54, 1.807) is 0 Å². The maximum Gasteiger partial charge on any atom is 0.322 e. The Balaban J connectivity index is 3.06. The van der Waals surface area contributed by atoms with E-state index in [0.717, 1.165) is 0 Å². The number of nitrogens with two attached hydrogens (primary N) is 1. The molecule has 0 aliphatic heterocycles. The highest BCUT2D eigenvalue weighted by Crippen LogP contribution is 2.17. The van der Waals surface area contributed by atoms with Gasteiger partial charge in [0.2, 0.25) is 0 Å². The van der Waals surface area contributed by atoms with Crippen molar-refractivity contribution in [3.05, 3.63) is 29.8 Å². The Bertz CT molecular complexity index is 344. The fraction of sp³-hybridized carbons (Fsp3) is 0.111. The lowest BCUT2D eigenvalue weighted by atomic mass is 9.99. The van der Waals surface area contributed by atoms with Crippen LogP contribution in [0.3, 0.4) is 0 Å². The Labute approximate surface area is 79.8 Å². The number of hydrogen-bond acceptors (Lipinski definition) is 3. The fourth-order valence-corrected chi connectivity index (χ4v) is 1.08. The molecule has 0 aliphatic carbocycles. The van der Waals surface area contributed by atoms with Gasteiger partial charge in [-0.15, -0.1) is 0 Å². The van der Waals surface area contributed by atoms with Crippen molar-refractivity contribution in [2.75, 3.05) is 5.73 Å². The number of aliphatic carboxylic acids is 2. The average Bonchev–Trinajstić information content (AvgIpc) is 2.07. The maximum absolute atomic E-state index is 10.6. The van der Waals surface area contributed by atoms with Crippen molar-refractivity contribution in [3.8, 4) is 0 Å². The summed E-state index contributed by atoms with van der Waals surface area (Å²) in [5.41, 5.74) is 6.05. The summed E-state index contributed by atoms with van der Waals surface area (Å²) in [6.07, 6.45) is 0. The Morgan fingerprint density at radius 3 is 1.86 bits per heavy atom. The van der Waals surface area contributed by atoms with Gasteiger partial charge in [-0.1, -0.05) is 12.1 Å². The zero-order valence-electron chi connectivity index (χ0n) is 7.18. The number of benzene rings is 1. The molecule has 1 aromatic carbocycles. The van der Waals surface area contributed by atoms with Crippen molar-refractivity contribution < 1.29 is 19.8 Å². The van der Waals surface area contributed by atoms with Crippen LogP contribution in [0.1, 0.15) is 11.5 Å². The first kappa shape index (κ1) is 10.0. The highest BCUT2D eigenvalue weighted by Gasteiger charge is 2.27. The minimum absolute atomic E-state index is 0.208. The van der Waals surface area contributed by atoms with E-state index < -0.39 is 17.9 Å². The van der Waals surface area contributed by atoms with E-state index in [4.69, 9.17) is 15.9 Å². The second kappa shape index (κ2) is 3.78. The van der Waals surface area contributed by atoms with Crippen molar-refractivity contribution in [1.82, 2.24) is 0 Å². The first-order valence-corrected chi connectivity index (χ1v) is 3.83. The number of anilines is 1. The van der Waals surface area contributed by atoms with E-state index in [0.29, 0.717) is 5.69 Å². The van der Waals surface area contributed by atoms with E-state index >= 15 is 0 Å². The lowest BCUT2D eigenvalue weighted by Crippen LogP contribution is -2.20. The minimum Gasteiger partial charge on any atom is -0.480 e. The topological polar surface area (TPSA) is 101 Å². The third kappa shape index (κ3) is 2.01. The lowest BCUT2D eigenvalue weighted by molar-refractivity contribution is -0.150. The minimum atomic E-state index is -1.53. The highest BCUT2D eigenvalue weighted by atomic mass is 16.4. The highest BCUT2D eigenvalue weighted by molar-refractivity contribution is 5.99. The van der Waals surface area contributed by atoms with Crippen molar-refractivity contribution in [2.45, 2.75) is 5.92 Å². The second-order valence-corrected chi connectivity index (χ2v) is 2.78. The van der Waals surface area contributed by atoms with E-state index in [1.807, 2.05) is 0 Å². The summed E-state index contributed by atoms with van der Waals surface area (Å²) < 4.78 is 0. The SMILES string of the molecule is Nc1ccc(C(C(=O)O)C(=O)O)cc1. The molecule has 0 unspecified atom stereocenters. The molecule has 4 N–H and O–H groups in total. The Kier molecular flexibility index (Phi) is 2.71. The van der Waals surface area contributed by atoms with Gasteiger partial charge in [0.25, 0.3) is 0 Å². The van der Waals surface area contributed by atoms with Gasteiger partial charge in [-0.3, -0.25) is 9.59 Å². The van der Waals surface area contributed by atoms with E-state index in [2.05, 4.69) is 0 Å². The molecule has 0 spiro atoms. The van der Waals surface area contributed by atoms with Gasteiger partial charge in [0.1, 0.15) is 0 Å². The molecule has 0 aliphatic rings. The Morgan fingerprint density at radius 1 is 1.07 bits per heavy atom. The van der Waals surface area contributed by atoms with Crippen LogP contribution in [0.4, 0.5) is 5.69 Å². The molecule has 1 aromatic rings. The van der Waals surface area contributed by atoms with Gasteiger partial charge in [0.05, 0.1) is 0 Å². The summed E-state index contributed by atoms with van der Waals surface area (Å²) in [4.78, 5) is 21.2. The van der Waals surface area contributed by atoms with Gasteiger partial charge in [-0.2, -0.15) is 0 Å². The molecule has 0 radical (unpaired) electrons. The van der Waals surface area contributed by atoms with Crippen molar-refractivity contribution >= 4 is 17.6 Å². The van der Waals surface area contributed by atoms with Gasteiger partial charge in [0.15, 0.2) is 5.92 Å². The van der Waals surface area contributed by atoms with Crippen LogP contribution in [-0.2, 0) is 9.59 Å². The number of carboxylic acid groups (broad SMARTS) is 2.